The minimum absolute atomic E-state index is 0.251. The first-order chi connectivity index (χ1) is 4.81. The molecule has 0 saturated heterocycles. The van der Waals surface area contributed by atoms with E-state index in [2.05, 4.69) is 5.32 Å². The van der Waals surface area contributed by atoms with Crippen LogP contribution in [0.1, 0.15) is 13.3 Å². The van der Waals surface area contributed by atoms with E-state index in [1.807, 2.05) is 6.92 Å². The molecule has 62 valence electrons. The van der Waals surface area contributed by atoms with Crippen LogP contribution in [0.5, 0.6) is 0 Å². The molecule has 0 fully saturated rings. The van der Waals surface area contributed by atoms with Crippen LogP contribution >= 0.6 is 0 Å². The van der Waals surface area contributed by atoms with Gasteiger partial charge < -0.3 is 15.2 Å². The van der Waals surface area contributed by atoms with E-state index in [1.165, 1.54) is 0 Å². The Morgan fingerprint density at radius 3 is 2.80 bits per heavy atom. The quantitative estimate of drug-likeness (QED) is 0.519. The molecule has 0 aliphatic rings. The highest BCUT2D eigenvalue weighted by Crippen LogP contribution is 1.86. The summed E-state index contributed by atoms with van der Waals surface area (Å²) in [4.78, 5) is 0. The number of rotatable bonds is 6. The van der Waals surface area contributed by atoms with Gasteiger partial charge in [0, 0.05) is 26.3 Å². The molecule has 0 aliphatic heterocycles. The number of methoxy groups -OCH3 is 1. The van der Waals surface area contributed by atoms with E-state index >= 15 is 0 Å². The molecule has 0 amide bonds. The van der Waals surface area contributed by atoms with Gasteiger partial charge in [-0.05, 0) is 13.3 Å². The van der Waals surface area contributed by atoms with Gasteiger partial charge in [-0.15, -0.1) is 0 Å². The fraction of sp³-hybridized carbons (Fsp3) is 1.00. The monoisotopic (exact) mass is 147 g/mol. The highest BCUT2D eigenvalue weighted by molar-refractivity contribution is 4.58. The van der Waals surface area contributed by atoms with Gasteiger partial charge in [-0.3, -0.25) is 0 Å². The molecule has 1 unspecified atom stereocenters. The molecule has 0 heterocycles. The maximum Gasteiger partial charge on any atom is 0.0587 e. The molecule has 0 aromatic rings. The zero-order valence-corrected chi connectivity index (χ0v) is 6.76. The molecule has 0 aliphatic carbocycles. The molecule has 10 heavy (non-hydrogen) atoms. The highest BCUT2D eigenvalue weighted by atomic mass is 16.5. The van der Waals surface area contributed by atoms with Crippen molar-refractivity contribution >= 4 is 0 Å². The Kier molecular flexibility index (Phi) is 6.91. The van der Waals surface area contributed by atoms with Crippen molar-refractivity contribution in [3.8, 4) is 0 Å². The van der Waals surface area contributed by atoms with Crippen LogP contribution in [-0.2, 0) is 4.74 Å². The van der Waals surface area contributed by atoms with Crippen molar-refractivity contribution < 1.29 is 9.84 Å². The largest absolute Gasteiger partial charge is 0.396 e. The third-order valence-corrected chi connectivity index (χ3v) is 1.36. The molecule has 1 atom stereocenters. The first kappa shape index (κ1) is 9.88. The van der Waals surface area contributed by atoms with E-state index in [4.69, 9.17) is 9.84 Å². The third-order valence-electron chi connectivity index (χ3n) is 1.36. The minimum atomic E-state index is 0.251. The Labute approximate surface area is 62.4 Å². The summed E-state index contributed by atoms with van der Waals surface area (Å²) in [6.07, 6.45) is 0.809. The van der Waals surface area contributed by atoms with Gasteiger partial charge in [0.05, 0.1) is 6.61 Å². The lowest BCUT2D eigenvalue weighted by atomic mass is 10.2. The number of hydrogen-bond donors (Lipinski definition) is 2. The van der Waals surface area contributed by atoms with Crippen LogP contribution in [0, 0.1) is 0 Å². The lowest BCUT2D eigenvalue weighted by molar-refractivity contribution is 0.192. The molecule has 0 rings (SSSR count). The maximum absolute atomic E-state index is 8.52. The first-order valence-electron chi connectivity index (χ1n) is 3.64. The molecular formula is C7H17NO2. The molecule has 0 bridgehead atoms. The van der Waals surface area contributed by atoms with Crippen LogP contribution < -0.4 is 5.32 Å². The van der Waals surface area contributed by atoms with Crippen molar-refractivity contribution in [2.24, 2.45) is 0 Å². The predicted octanol–water partition coefficient (Wildman–Crippen LogP) is -0.00670. The summed E-state index contributed by atoms with van der Waals surface area (Å²) in [5, 5.41) is 11.7. The molecule has 0 saturated carbocycles. The number of aliphatic hydroxyl groups excluding tert-OH is 1. The van der Waals surface area contributed by atoms with Crippen LogP contribution in [0.15, 0.2) is 0 Å². The Bertz CT molecular complexity index is 68.6. The van der Waals surface area contributed by atoms with E-state index in [0.29, 0.717) is 6.04 Å². The lowest BCUT2D eigenvalue weighted by Crippen LogP contribution is -2.29. The number of aliphatic hydroxyl groups is 1. The summed E-state index contributed by atoms with van der Waals surface area (Å²) < 4.78 is 4.85. The second-order valence-electron chi connectivity index (χ2n) is 2.36. The SMILES string of the molecule is COCCNC(C)CCO. The van der Waals surface area contributed by atoms with Crippen LogP contribution in [0.4, 0.5) is 0 Å². The van der Waals surface area contributed by atoms with Gasteiger partial charge in [0.1, 0.15) is 0 Å². The van der Waals surface area contributed by atoms with E-state index in [9.17, 15) is 0 Å². The van der Waals surface area contributed by atoms with Gasteiger partial charge in [0.25, 0.3) is 0 Å². The summed E-state index contributed by atoms with van der Waals surface area (Å²) in [5.41, 5.74) is 0. The number of nitrogens with one attached hydrogen (secondary N) is 1. The van der Waals surface area contributed by atoms with Crippen molar-refractivity contribution in [1.82, 2.24) is 5.32 Å². The summed E-state index contributed by atoms with van der Waals surface area (Å²) >= 11 is 0. The van der Waals surface area contributed by atoms with E-state index in [0.717, 1.165) is 19.6 Å². The van der Waals surface area contributed by atoms with E-state index in [-0.39, 0.29) is 6.61 Å². The smallest absolute Gasteiger partial charge is 0.0587 e. The van der Waals surface area contributed by atoms with Crippen LogP contribution in [0.2, 0.25) is 0 Å². The molecule has 0 spiro atoms. The van der Waals surface area contributed by atoms with E-state index < -0.39 is 0 Å². The van der Waals surface area contributed by atoms with Crippen molar-refractivity contribution in [2.75, 3.05) is 26.9 Å². The Morgan fingerprint density at radius 1 is 1.60 bits per heavy atom. The topological polar surface area (TPSA) is 41.5 Å². The van der Waals surface area contributed by atoms with Gasteiger partial charge in [0.2, 0.25) is 0 Å². The van der Waals surface area contributed by atoms with Gasteiger partial charge in [-0.25, -0.2) is 0 Å². The molecule has 3 heteroatoms. The average molecular weight is 147 g/mol. The van der Waals surface area contributed by atoms with Gasteiger partial charge in [0.15, 0.2) is 0 Å². The minimum Gasteiger partial charge on any atom is -0.396 e. The molecule has 0 radical (unpaired) electrons. The normalized spacial score (nSPS) is 13.5. The molecule has 0 aromatic carbocycles. The summed E-state index contributed by atoms with van der Waals surface area (Å²) in [6.45, 7) is 3.89. The van der Waals surface area contributed by atoms with Crippen LogP contribution in [0.3, 0.4) is 0 Å². The molecule has 2 N–H and O–H groups in total. The standard InChI is InChI=1S/C7H17NO2/c1-7(3-5-9)8-4-6-10-2/h7-9H,3-6H2,1-2H3. The van der Waals surface area contributed by atoms with Crippen molar-refractivity contribution in [3.05, 3.63) is 0 Å². The summed E-state index contributed by atoms with van der Waals surface area (Å²) in [5.74, 6) is 0. The Morgan fingerprint density at radius 2 is 2.30 bits per heavy atom. The Balaban J connectivity index is 2.97. The van der Waals surface area contributed by atoms with Crippen LogP contribution in [-0.4, -0.2) is 38.0 Å². The average Bonchev–Trinajstić information content (AvgIpc) is 1.89. The molecule has 3 nitrogen and oxygen atoms in total. The van der Waals surface area contributed by atoms with Gasteiger partial charge >= 0.3 is 0 Å². The fourth-order valence-corrected chi connectivity index (χ4v) is 0.703. The predicted molar refractivity (Wildman–Crippen MR) is 41.0 cm³/mol. The zero-order chi connectivity index (χ0) is 7.82. The van der Waals surface area contributed by atoms with E-state index in [1.54, 1.807) is 7.11 Å². The maximum atomic E-state index is 8.52. The van der Waals surface area contributed by atoms with Crippen molar-refractivity contribution in [1.29, 1.82) is 0 Å². The fourth-order valence-electron chi connectivity index (χ4n) is 0.703. The summed E-state index contributed by atoms with van der Waals surface area (Å²) in [6, 6.07) is 0.389. The number of hydrogen-bond acceptors (Lipinski definition) is 3. The molecule has 0 aromatic heterocycles. The second kappa shape index (κ2) is 6.99. The van der Waals surface area contributed by atoms with Gasteiger partial charge in [-0.2, -0.15) is 0 Å². The van der Waals surface area contributed by atoms with Crippen molar-refractivity contribution in [3.63, 3.8) is 0 Å². The van der Waals surface area contributed by atoms with Crippen LogP contribution in [0.25, 0.3) is 0 Å². The molecular weight excluding hydrogens is 130 g/mol. The van der Waals surface area contributed by atoms with Crippen molar-refractivity contribution in [2.45, 2.75) is 19.4 Å². The third kappa shape index (κ3) is 6.01. The lowest BCUT2D eigenvalue weighted by Gasteiger charge is -2.10. The Hall–Kier alpha value is -0.120. The highest BCUT2D eigenvalue weighted by Gasteiger charge is 1.97. The summed E-state index contributed by atoms with van der Waals surface area (Å²) in [7, 11) is 1.68. The number of ether oxygens (including phenoxy) is 1. The van der Waals surface area contributed by atoms with Gasteiger partial charge in [-0.1, -0.05) is 0 Å². The second-order valence-corrected chi connectivity index (χ2v) is 2.36. The first-order valence-corrected chi connectivity index (χ1v) is 3.64. The zero-order valence-electron chi connectivity index (χ0n) is 6.76.